The zero-order valence-electron chi connectivity index (χ0n) is 9.70. The van der Waals surface area contributed by atoms with Gasteiger partial charge in [-0.25, -0.2) is 4.79 Å². The maximum absolute atomic E-state index is 11.8. The molecule has 2 rings (SSSR count). The molecule has 0 aliphatic carbocycles. The highest BCUT2D eigenvalue weighted by molar-refractivity contribution is 8.00. The molecule has 2 heterocycles. The van der Waals surface area contributed by atoms with Gasteiger partial charge >= 0.3 is 5.69 Å². The topological polar surface area (TPSA) is 93.5 Å². The normalized spacial score (nSPS) is 23.0. The number of carbonyl (C=O) groups excluding carboxylic acids is 1. The number of anilines is 1. The standard InChI is InChI=1S/C10H13N3O4S/c1-6(15)11-7-2-3-13(10(16)12-7)8-5-18-9(4-14)17-8/h2-3,8-9,14H,4-5H2,1H3,(H,11,12,15,16)/t8-,9+/m1/s1. The molecular weight excluding hydrogens is 258 g/mol. The third-order valence-corrected chi connectivity index (χ3v) is 3.44. The zero-order valence-corrected chi connectivity index (χ0v) is 10.5. The Balaban J connectivity index is 2.15. The average molecular weight is 271 g/mol. The number of nitrogens with one attached hydrogen (secondary N) is 1. The van der Waals surface area contributed by atoms with Crippen LogP contribution in [0.5, 0.6) is 0 Å². The SMILES string of the molecule is CC(=O)Nc1ccn([C@H]2CS[C@@H](CO)O2)c(=O)n1. The van der Waals surface area contributed by atoms with E-state index in [-0.39, 0.29) is 23.8 Å². The van der Waals surface area contributed by atoms with Crippen LogP contribution in [0.15, 0.2) is 17.1 Å². The molecule has 1 aromatic heterocycles. The van der Waals surface area contributed by atoms with Gasteiger partial charge in [0.1, 0.15) is 17.5 Å². The number of carbonyl (C=O) groups is 1. The number of hydrogen-bond acceptors (Lipinski definition) is 6. The van der Waals surface area contributed by atoms with E-state index in [1.165, 1.54) is 35.5 Å². The molecule has 0 unspecified atom stereocenters. The summed E-state index contributed by atoms with van der Waals surface area (Å²) < 4.78 is 6.79. The maximum atomic E-state index is 11.8. The van der Waals surface area contributed by atoms with Gasteiger partial charge in [-0.2, -0.15) is 4.98 Å². The second kappa shape index (κ2) is 5.51. The molecule has 18 heavy (non-hydrogen) atoms. The van der Waals surface area contributed by atoms with E-state index in [9.17, 15) is 9.59 Å². The molecule has 0 aromatic carbocycles. The van der Waals surface area contributed by atoms with Crippen molar-refractivity contribution in [1.29, 1.82) is 0 Å². The van der Waals surface area contributed by atoms with Crippen LogP contribution in [0.2, 0.25) is 0 Å². The summed E-state index contributed by atoms with van der Waals surface area (Å²) in [6.45, 7) is 1.25. The number of thioether (sulfide) groups is 1. The van der Waals surface area contributed by atoms with Gasteiger partial charge in [-0.3, -0.25) is 9.36 Å². The fourth-order valence-corrected chi connectivity index (χ4v) is 2.50. The minimum Gasteiger partial charge on any atom is -0.393 e. The van der Waals surface area contributed by atoms with Crippen molar-refractivity contribution in [3.8, 4) is 0 Å². The van der Waals surface area contributed by atoms with E-state index >= 15 is 0 Å². The summed E-state index contributed by atoms with van der Waals surface area (Å²) in [6.07, 6.45) is 1.09. The van der Waals surface area contributed by atoms with E-state index in [4.69, 9.17) is 9.84 Å². The molecule has 1 aliphatic heterocycles. The molecule has 0 bridgehead atoms. The molecule has 1 amide bonds. The second-order valence-corrected chi connectivity index (χ2v) is 4.91. The third kappa shape index (κ3) is 2.89. The van der Waals surface area contributed by atoms with E-state index in [2.05, 4.69) is 10.3 Å². The molecule has 1 fully saturated rings. The molecule has 1 saturated heterocycles. The minimum atomic E-state index is -0.495. The molecular formula is C10H13N3O4S. The monoisotopic (exact) mass is 271 g/mol. The van der Waals surface area contributed by atoms with Crippen LogP contribution in [0.3, 0.4) is 0 Å². The molecule has 98 valence electrons. The van der Waals surface area contributed by atoms with E-state index < -0.39 is 11.9 Å². The van der Waals surface area contributed by atoms with Crippen LogP contribution in [0.1, 0.15) is 13.2 Å². The van der Waals surface area contributed by atoms with Crippen LogP contribution in [0, 0.1) is 0 Å². The summed E-state index contributed by atoms with van der Waals surface area (Å²) in [4.78, 5) is 26.3. The van der Waals surface area contributed by atoms with Gasteiger partial charge in [0, 0.05) is 18.9 Å². The van der Waals surface area contributed by atoms with Crippen molar-refractivity contribution in [2.75, 3.05) is 17.7 Å². The van der Waals surface area contributed by atoms with Gasteiger partial charge in [-0.15, -0.1) is 11.8 Å². The van der Waals surface area contributed by atoms with Crippen LogP contribution in [0.4, 0.5) is 5.82 Å². The second-order valence-electron chi connectivity index (χ2n) is 3.72. The first-order chi connectivity index (χ1) is 8.60. The third-order valence-electron chi connectivity index (χ3n) is 2.33. The first kappa shape index (κ1) is 13.1. The van der Waals surface area contributed by atoms with Crippen molar-refractivity contribution >= 4 is 23.5 Å². The van der Waals surface area contributed by atoms with E-state index in [0.717, 1.165) is 0 Å². The van der Waals surface area contributed by atoms with Crippen molar-refractivity contribution in [3.63, 3.8) is 0 Å². The quantitative estimate of drug-likeness (QED) is 0.789. The van der Waals surface area contributed by atoms with Crippen LogP contribution in [0.25, 0.3) is 0 Å². The van der Waals surface area contributed by atoms with Gasteiger partial charge < -0.3 is 15.2 Å². The fraction of sp³-hybridized carbons (Fsp3) is 0.500. The maximum Gasteiger partial charge on any atom is 0.351 e. The van der Waals surface area contributed by atoms with Crippen LogP contribution >= 0.6 is 11.8 Å². The molecule has 7 nitrogen and oxygen atoms in total. The van der Waals surface area contributed by atoms with E-state index in [1.807, 2.05) is 0 Å². The molecule has 1 aliphatic rings. The van der Waals surface area contributed by atoms with Gasteiger partial charge in [0.25, 0.3) is 0 Å². The van der Waals surface area contributed by atoms with Gasteiger partial charge in [0.05, 0.1) is 6.61 Å². The van der Waals surface area contributed by atoms with Crippen LogP contribution in [-0.4, -0.2) is 38.4 Å². The first-order valence-corrected chi connectivity index (χ1v) is 6.39. The summed E-state index contributed by atoms with van der Waals surface area (Å²) in [6, 6.07) is 1.53. The highest BCUT2D eigenvalue weighted by Gasteiger charge is 2.27. The molecule has 0 spiro atoms. The molecule has 2 N–H and O–H groups in total. The number of amides is 1. The van der Waals surface area contributed by atoms with Crippen LogP contribution < -0.4 is 11.0 Å². The number of rotatable bonds is 3. The Morgan fingerprint density at radius 3 is 3.11 bits per heavy atom. The summed E-state index contributed by atoms with van der Waals surface area (Å²) in [5.74, 6) is 0.507. The predicted octanol–water partition coefficient (Wildman–Crippen LogP) is -0.218. The highest BCUT2D eigenvalue weighted by Crippen LogP contribution is 2.30. The summed E-state index contributed by atoms with van der Waals surface area (Å²) in [5.41, 5.74) is -0.803. The average Bonchev–Trinajstić information content (AvgIpc) is 2.76. The molecule has 2 atom stereocenters. The summed E-state index contributed by atoms with van der Waals surface area (Å²) in [5, 5.41) is 11.4. The van der Waals surface area contributed by atoms with E-state index in [1.54, 1.807) is 0 Å². The Hall–Kier alpha value is -1.38. The Morgan fingerprint density at radius 2 is 2.56 bits per heavy atom. The van der Waals surface area contributed by atoms with Gasteiger partial charge in [-0.05, 0) is 6.07 Å². The van der Waals surface area contributed by atoms with Crippen molar-refractivity contribution in [3.05, 3.63) is 22.7 Å². The lowest BCUT2D eigenvalue weighted by Crippen LogP contribution is -2.29. The molecule has 1 aromatic rings. The van der Waals surface area contributed by atoms with Crippen molar-refractivity contribution in [1.82, 2.24) is 9.55 Å². The van der Waals surface area contributed by atoms with Crippen molar-refractivity contribution in [2.45, 2.75) is 18.6 Å². The number of aliphatic hydroxyl groups excluding tert-OH is 1. The zero-order chi connectivity index (χ0) is 13.1. The largest absolute Gasteiger partial charge is 0.393 e. The highest BCUT2D eigenvalue weighted by atomic mass is 32.2. The number of aliphatic hydroxyl groups is 1. The van der Waals surface area contributed by atoms with Crippen LogP contribution in [-0.2, 0) is 9.53 Å². The lowest BCUT2D eigenvalue weighted by molar-refractivity contribution is -0.114. The smallest absolute Gasteiger partial charge is 0.351 e. The molecule has 0 saturated carbocycles. The Kier molecular flexibility index (Phi) is 4.00. The van der Waals surface area contributed by atoms with Gasteiger partial charge in [-0.1, -0.05) is 0 Å². The van der Waals surface area contributed by atoms with E-state index in [0.29, 0.717) is 5.75 Å². The lowest BCUT2D eigenvalue weighted by atomic mass is 10.5. The minimum absolute atomic E-state index is 0.0900. The number of hydrogen-bond donors (Lipinski definition) is 2. The fourth-order valence-electron chi connectivity index (χ4n) is 1.57. The first-order valence-electron chi connectivity index (χ1n) is 5.35. The van der Waals surface area contributed by atoms with Gasteiger partial charge in [0.2, 0.25) is 5.91 Å². The number of aromatic nitrogens is 2. The predicted molar refractivity (Wildman–Crippen MR) is 66.3 cm³/mol. The van der Waals surface area contributed by atoms with Crippen molar-refractivity contribution in [2.24, 2.45) is 0 Å². The Labute approximate surface area is 107 Å². The molecule has 8 heteroatoms. The Bertz CT molecular complexity index is 504. The summed E-state index contributed by atoms with van der Waals surface area (Å²) >= 11 is 1.44. The summed E-state index contributed by atoms with van der Waals surface area (Å²) in [7, 11) is 0. The van der Waals surface area contributed by atoms with Gasteiger partial charge in [0.15, 0.2) is 0 Å². The number of ether oxygens (including phenoxy) is 1. The lowest BCUT2D eigenvalue weighted by Gasteiger charge is -2.13. The van der Waals surface area contributed by atoms with Crippen molar-refractivity contribution < 1.29 is 14.6 Å². The molecule has 0 radical (unpaired) electrons. The number of nitrogens with zero attached hydrogens (tertiary/aromatic N) is 2. The Morgan fingerprint density at radius 1 is 1.78 bits per heavy atom.